The number of piperidine rings is 1. The molecule has 0 bridgehead atoms. The van der Waals surface area contributed by atoms with Gasteiger partial charge in [0.1, 0.15) is 11.5 Å². The summed E-state index contributed by atoms with van der Waals surface area (Å²) in [4.78, 5) is 32.0. The Balaban J connectivity index is 1.19. The molecule has 8 nitrogen and oxygen atoms in total. The molecule has 8 heteroatoms. The van der Waals surface area contributed by atoms with E-state index in [1.807, 2.05) is 65.6 Å². The van der Waals surface area contributed by atoms with Crippen LogP contribution in [-0.4, -0.2) is 39.9 Å². The molecule has 1 aliphatic rings. The first kappa shape index (κ1) is 23.5. The Bertz CT molecular complexity index is 1270. The van der Waals surface area contributed by atoms with Crippen LogP contribution in [0.3, 0.4) is 0 Å². The predicted octanol–water partition coefficient (Wildman–Crippen LogP) is 5.11. The Labute approximate surface area is 209 Å². The lowest BCUT2D eigenvalue weighted by atomic mass is 9.95. The van der Waals surface area contributed by atoms with Gasteiger partial charge in [-0.3, -0.25) is 9.59 Å². The zero-order valence-corrected chi connectivity index (χ0v) is 20.1. The van der Waals surface area contributed by atoms with Gasteiger partial charge in [-0.2, -0.15) is 0 Å². The molecule has 1 aliphatic heterocycles. The first-order valence-corrected chi connectivity index (χ1v) is 12.2. The maximum atomic E-state index is 12.9. The van der Waals surface area contributed by atoms with Crippen LogP contribution in [0.4, 0.5) is 5.82 Å². The van der Waals surface area contributed by atoms with Crippen molar-refractivity contribution in [3.05, 3.63) is 78.4 Å². The highest BCUT2D eigenvalue weighted by Gasteiger charge is 2.28. The van der Waals surface area contributed by atoms with Crippen molar-refractivity contribution < 1.29 is 18.5 Å². The van der Waals surface area contributed by atoms with Crippen molar-refractivity contribution in [1.29, 1.82) is 0 Å². The average molecular weight is 485 g/mol. The molecule has 3 heterocycles. The lowest BCUT2D eigenvalue weighted by Gasteiger charge is -2.31. The predicted molar refractivity (Wildman–Crippen MR) is 135 cm³/mol. The topological polar surface area (TPSA) is 101 Å². The molecule has 1 saturated heterocycles. The van der Waals surface area contributed by atoms with E-state index in [1.165, 1.54) is 0 Å². The van der Waals surface area contributed by atoms with Crippen molar-refractivity contribution in [3.63, 3.8) is 0 Å². The van der Waals surface area contributed by atoms with Gasteiger partial charge in [0.2, 0.25) is 11.8 Å². The molecule has 1 N–H and O–H groups in total. The number of benzene rings is 2. The van der Waals surface area contributed by atoms with Gasteiger partial charge in [0.15, 0.2) is 17.5 Å². The lowest BCUT2D eigenvalue weighted by molar-refractivity contribution is -0.134. The first-order chi connectivity index (χ1) is 17.6. The fraction of sp³-hybridized carbons (Fsp3) is 0.286. The summed E-state index contributed by atoms with van der Waals surface area (Å²) in [7, 11) is 0. The molecule has 184 valence electrons. The summed E-state index contributed by atoms with van der Waals surface area (Å²) in [6.45, 7) is 2.87. The molecule has 2 amide bonds. The number of aryl methyl sites for hydroxylation is 2. The summed E-state index contributed by atoms with van der Waals surface area (Å²) >= 11 is 0. The molecule has 1 fully saturated rings. The highest BCUT2D eigenvalue weighted by Crippen LogP contribution is 2.33. The summed E-state index contributed by atoms with van der Waals surface area (Å²) in [6.07, 6.45) is 1.95. The molecule has 0 radical (unpaired) electrons. The fourth-order valence-corrected chi connectivity index (χ4v) is 4.46. The normalized spacial score (nSPS) is 14.1. The maximum absolute atomic E-state index is 12.9. The van der Waals surface area contributed by atoms with Gasteiger partial charge in [0.25, 0.3) is 0 Å². The second-order valence-corrected chi connectivity index (χ2v) is 8.98. The van der Waals surface area contributed by atoms with Gasteiger partial charge >= 0.3 is 0 Å². The van der Waals surface area contributed by atoms with E-state index in [0.29, 0.717) is 62.0 Å². The van der Waals surface area contributed by atoms with Crippen LogP contribution in [0, 0.1) is 12.8 Å². The number of nitrogens with one attached hydrogen (secondary N) is 1. The van der Waals surface area contributed by atoms with Crippen LogP contribution in [0.2, 0.25) is 0 Å². The molecule has 5 rings (SSSR count). The van der Waals surface area contributed by atoms with Crippen LogP contribution in [-0.2, 0) is 16.0 Å². The largest absolute Gasteiger partial charge is 0.440 e. The smallest absolute Gasteiger partial charge is 0.228 e. The number of hydrogen-bond donors (Lipinski definition) is 1. The molecule has 0 saturated carbocycles. The van der Waals surface area contributed by atoms with E-state index in [2.05, 4.69) is 10.5 Å². The van der Waals surface area contributed by atoms with Crippen LogP contribution >= 0.6 is 0 Å². The molecule has 2 aromatic heterocycles. The molecule has 4 aromatic rings. The number of nitrogens with zero attached hydrogens (tertiary/aromatic N) is 3. The third kappa shape index (κ3) is 5.38. The Morgan fingerprint density at radius 3 is 2.31 bits per heavy atom. The number of rotatable bonds is 7. The second-order valence-electron chi connectivity index (χ2n) is 8.98. The second kappa shape index (κ2) is 10.6. The van der Waals surface area contributed by atoms with Gasteiger partial charge in [-0.1, -0.05) is 65.8 Å². The number of hydrogen-bond acceptors (Lipinski definition) is 6. The Morgan fingerprint density at radius 2 is 1.67 bits per heavy atom. The summed E-state index contributed by atoms with van der Waals surface area (Å²) in [5, 5.41) is 6.60. The molecular formula is C28H28N4O4. The van der Waals surface area contributed by atoms with Crippen molar-refractivity contribution in [2.75, 3.05) is 18.4 Å². The van der Waals surface area contributed by atoms with E-state index < -0.39 is 0 Å². The highest BCUT2D eigenvalue weighted by molar-refractivity contribution is 5.91. The number of likely N-dealkylation sites (tertiary alicyclic amines) is 1. The number of anilines is 1. The van der Waals surface area contributed by atoms with Crippen LogP contribution < -0.4 is 5.32 Å². The summed E-state index contributed by atoms with van der Waals surface area (Å²) in [6, 6.07) is 21.5. The number of aromatic nitrogens is 2. The monoisotopic (exact) mass is 484 g/mol. The molecule has 2 aromatic carbocycles. The molecule has 36 heavy (non-hydrogen) atoms. The minimum Gasteiger partial charge on any atom is -0.440 e. The van der Waals surface area contributed by atoms with Crippen molar-refractivity contribution in [1.82, 2.24) is 15.0 Å². The van der Waals surface area contributed by atoms with Crippen molar-refractivity contribution in [2.24, 2.45) is 5.92 Å². The van der Waals surface area contributed by atoms with Gasteiger partial charge in [-0.15, -0.1) is 0 Å². The summed E-state index contributed by atoms with van der Waals surface area (Å²) < 4.78 is 11.1. The van der Waals surface area contributed by atoms with Crippen LogP contribution in [0.15, 0.2) is 75.7 Å². The van der Waals surface area contributed by atoms with Gasteiger partial charge in [-0.25, -0.2) is 4.98 Å². The van der Waals surface area contributed by atoms with Gasteiger partial charge in [-0.05, 0) is 19.8 Å². The Hall–Kier alpha value is -4.20. The summed E-state index contributed by atoms with van der Waals surface area (Å²) in [5.74, 6) is 2.12. The number of oxazole rings is 1. The van der Waals surface area contributed by atoms with E-state index in [1.54, 1.807) is 13.0 Å². The molecule has 0 unspecified atom stereocenters. The van der Waals surface area contributed by atoms with Gasteiger partial charge in [0, 0.05) is 49.0 Å². The van der Waals surface area contributed by atoms with E-state index in [9.17, 15) is 9.59 Å². The number of amides is 2. The van der Waals surface area contributed by atoms with Crippen molar-refractivity contribution >= 4 is 17.6 Å². The lowest BCUT2D eigenvalue weighted by Crippen LogP contribution is -2.41. The van der Waals surface area contributed by atoms with Gasteiger partial charge in [0.05, 0.1) is 0 Å². The minimum atomic E-state index is -0.153. The fourth-order valence-electron chi connectivity index (χ4n) is 4.46. The summed E-state index contributed by atoms with van der Waals surface area (Å²) in [5.41, 5.74) is 2.69. The SMILES string of the molecule is Cc1cc(NC(=O)C2CCN(C(=O)CCc3nc(-c4ccccc4)c(-c4ccccc4)o3)CC2)no1. The van der Waals surface area contributed by atoms with E-state index in [4.69, 9.17) is 13.9 Å². The molecule has 0 aliphatic carbocycles. The van der Waals surface area contributed by atoms with Gasteiger partial charge < -0.3 is 19.2 Å². The highest BCUT2D eigenvalue weighted by atomic mass is 16.5. The third-order valence-corrected chi connectivity index (χ3v) is 6.41. The zero-order valence-electron chi connectivity index (χ0n) is 20.1. The van der Waals surface area contributed by atoms with E-state index >= 15 is 0 Å². The first-order valence-electron chi connectivity index (χ1n) is 12.2. The average Bonchev–Trinajstić information content (AvgIpc) is 3.54. The minimum absolute atomic E-state index is 0.0432. The van der Waals surface area contributed by atoms with Crippen LogP contribution in [0.1, 0.15) is 30.9 Å². The molecule has 0 atom stereocenters. The number of carbonyl (C=O) groups excluding carboxylic acids is 2. The zero-order chi connectivity index (χ0) is 24.9. The number of carbonyl (C=O) groups is 2. The van der Waals surface area contributed by atoms with E-state index in [0.717, 1.165) is 16.8 Å². The van der Waals surface area contributed by atoms with E-state index in [-0.39, 0.29) is 17.7 Å². The standard InChI is InChI=1S/C28H28N4O4/c1-19-18-23(31-36-19)29-28(34)22-14-16-32(17-15-22)25(33)13-12-24-30-26(20-8-4-2-5-9-20)27(35-24)21-10-6-3-7-11-21/h2-11,18,22H,12-17H2,1H3,(H,29,31,34). The van der Waals surface area contributed by atoms with Crippen LogP contribution in [0.5, 0.6) is 0 Å². The Kier molecular flexibility index (Phi) is 6.93. The van der Waals surface area contributed by atoms with Crippen LogP contribution in [0.25, 0.3) is 22.6 Å². The van der Waals surface area contributed by atoms with Crippen molar-refractivity contribution in [2.45, 2.75) is 32.6 Å². The molecular weight excluding hydrogens is 456 g/mol. The Morgan fingerprint density at radius 1 is 1.00 bits per heavy atom. The van der Waals surface area contributed by atoms with Crippen molar-refractivity contribution in [3.8, 4) is 22.6 Å². The quantitative estimate of drug-likeness (QED) is 0.391. The maximum Gasteiger partial charge on any atom is 0.228 e. The molecule has 0 spiro atoms. The third-order valence-electron chi connectivity index (χ3n) is 6.41.